The lowest BCUT2D eigenvalue weighted by molar-refractivity contribution is -0.125. The second-order valence-corrected chi connectivity index (χ2v) is 8.17. The Kier molecular flexibility index (Phi) is 6.44. The summed E-state index contributed by atoms with van der Waals surface area (Å²) in [7, 11) is 1.61. The number of ether oxygens (including phenoxy) is 2. The summed E-state index contributed by atoms with van der Waals surface area (Å²) in [6.07, 6.45) is 2.08. The van der Waals surface area contributed by atoms with E-state index in [4.69, 9.17) is 9.47 Å². The summed E-state index contributed by atoms with van der Waals surface area (Å²) < 4.78 is 25.3. The van der Waals surface area contributed by atoms with Gasteiger partial charge in [0.2, 0.25) is 0 Å². The van der Waals surface area contributed by atoms with Crippen LogP contribution in [0.4, 0.5) is 4.39 Å². The zero-order chi connectivity index (χ0) is 23.5. The van der Waals surface area contributed by atoms with Crippen LogP contribution in [0.25, 0.3) is 5.69 Å². The van der Waals surface area contributed by atoms with Crippen molar-refractivity contribution in [3.05, 3.63) is 76.9 Å². The number of carbonyl (C=O) groups is 2. The Morgan fingerprint density at radius 3 is 2.39 bits per heavy atom. The second-order valence-electron chi connectivity index (χ2n) is 8.17. The maximum Gasteiger partial charge on any atom is 0.342 e. The van der Waals surface area contributed by atoms with Gasteiger partial charge in [0.1, 0.15) is 17.1 Å². The van der Waals surface area contributed by atoms with Gasteiger partial charge in [-0.2, -0.15) is 5.10 Å². The van der Waals surface area contributed by atoms with Crippen molar-refractivity contribution in [2.24, 2.45) is 5.92 Å². The number of aromatic nitrogens is 2. The molecule has 0 radical (unpaired) electrons. The number of amides is 1. The minimum atomic E-state index is -0.624. The molecule has 1 aromatic heterocycles. The van der Waals surface area contributed by atoms with Gasteiger partial charge in [-0.05, 0) is 74.6 Å². The largest absolute Gasteiger partial charge is 0.497 e. The highest BCUT2D eigenvalue weighted by Crippen LogP contribution is 2.41. The van der Waals surface area contributed by atoms with Gasteiger partial charge >= 0.3 is 5.97 Å². The lowest BCUT2D eigenvalue weighted by Crippen LogP contribution is -2.33. The molecule has 0 saturated heterocycles. The number of benzene rings is 2. The van der Waals surface area contributed by atoms with Crippen molar-refractivity contribution in [3.8, 4) is 11.4 Å². The minimum absolute atomic E-state index is 0.133. The molecule has 2 aromatic carbocycles. The van der Waals surface area contributed by atoms with E-state index in [2.05, 4.69) is 10.4 Å². The van der Waals surface area contributed by atoms with Crippen LogP contribution in [0.2, 0.25) is 0 Å². The Hall–Kier alpha value is -3.68. The Labute approximate surface area is 191 Å². The molecule has 7 nitrogen and oxygen atoms in total. The van der Waals surface area contributed by atoms with E-state index >= 15 is 0 Å². The second kappa shape index (κ2) is 9.44. The van der Waals surface area contributed by atoms with Crippen molar-refractivity contribution in [1.82, 2.24) is 15.1 Å². The molecular formula is C25H26FN3O4. The van der Waals surface area contributed by atoms with Gasteiger partial charge in [-0.3, -0.25) is 4.79 Å². The summed E-state index contributed by atoms with van der Waals surface area (Å²) in [5.41, 5.74) is 2.93. The molecule has 33 heavy (non-hydrogen) atoms. The number of nitrogens with one attached hydrogen (secondary N) is 1. The molecule has 0 bridgehead atoms. The van der Waals surface area contributed by atoms with E-state index in [-0.39, 0.29) is 17.8 Å². The third-order valence-electron chi connectivity index (χ3n) is 5.79. The molecule has 0 aliphatic heterocycles. The van der Waals surface area contributed by atoms with Gasteiger partial charge in [0.25, 0.3) is 5.91 Å². The van der Waals surface area contributed by atoms with Crippen molar-refractivity contribution in [2.45, 2.75) is 32.7 Å². The Bertz CT molecular complexity index is 1150. The minimum Gasteiger partial charge on any atom is -0.497 e. The van der Waals surface area contributed by atoms with Gasteiger partial charge in [0.15, 0.2) is 6.61 Å². The van der Waals surface area contributed by atoms with Crippen LogP contribution in [0.1, 0.15) is 46.2 Å². The van der Waals surface area contributed by atoms with Crippen LogP contribution >= 0.6 is 0 Å². The molecule has 4 rings (SSSR count). The first-order valence-corrected chi connectivity index (χ1v) is 10.8. The van der Waals surface area contributed by atoms with Crippen molar-refractivity contribution in [1.29, 1.82) is 0 Å². The predicted octanol–water partition coefficient (Wildman–Crippen LogP) is 4.06. The molecule has 8 heteroatoms. The summed E-state index contributed by atoms with van der Waals surface area (Å²) in [6.45, 7) is 3.03. The third-order valence-corrected chi connectivity index (χ3v) is 5.79. The molecule has 1 N–H and O–H groups in total. The van der Waals surface area contributed by atoms with Gasteiger partial charge in [0, 0.05) is 0 Å². The molecule has 1 aliphatic carbocycles. The van der Waals surface area contributed by atoms with Gasteiger partial charge in [-0.1, -0.05) is 12.1 Å². The molecule has 1 fully saturated rings. The molecule has 3 aromatic rings. The number of hydrogen-bond acceptors (Lipinski definition) is 5. The Morgan fingerprint density at radius 2 is 1.79 bits per heavy atom. The highest BCUT2D eigenvalue weighted by atomic mass is 19.1. The summed E-state index contributed by atoms with van der Waals surface area (Å²) in [5, 5.41) is 7.37. The van der Waals surface area contributed by atoms with Crippen LogP contribution in [0.3, 0.4) is 0 Å². The zero-order valence-corrected chi connectivity index (χ0v) is 18.8. The number of carbonyl (C=O) groups excluding carboxylic acids is 2. The summed E-state index contributed by atoms with van der Waals surface area (Å²) in [6, 6.07) is 13.3. The summed E-state index contributed by atoms with van der Waals surface area (Å²) in [5.74, 6) is -0.222. The molecule has 0 spiro atoms. The number of esters is 1. The summed E-state index contributed by atoms with van der Waals surface area (Å²) in [4.78, 5) is 25.3. The van der Waals surface area contributed by atoms with Gasteiger partial charge in [0.05, 0.1) is 30.2 Å². The monoisotopic (exact) mass is 451 g/mol. The first-order chi connectivity index (χ1) is 15.9. The number of halogens is 1. The topological polar surface area (TPSA) is 82.4 Å². The van der Waals surface area contributed by atoms with Crippen molar-refractivity contribution >= 4 is 11.9 Å². The van der Waals surface area contributed by atoms with Crippen LogP contribution in [-0.2, 0) is 9.53 Å². The van der Waals surface area contributed by atoms with Gasteiger partial charge in [-0.25, -0.2) is 13.9 Å². The maximum absolute atomic E-state index is 13.2. The number of hydrogen-bond donors (Lipinski definition) is 1. The SMILES string of the molecule is COc1ccc(C(NC(=O)COC(=O)c2c(C)nn(-c3ccc(F)cc3)c2C)C2CC2)cc1. The normalized spacial score (nSPS) is 13.9. The molecule has 1 atom stereocenters. The average molecular weight is 451 g/mol. The molecule has 1 unspecified atom stereocenters. The molecule has 1 heterocycles. The highest BCUT2D eigenvalue weighted by Gasteiger charge is 2.33. The van der Waals surface area contributed by atoms with E-state index in [0.717, 1.165) is 24.2 Å². The predicted molar refractivity (Wildman–Crippen MR) is 120 cm³/mol. The van der Waals surface area contributed by atoms with E-state index in [1.807, 2.05) is 24.3 Å². The third kappa shape index (κ3) is 5.05. The van der Waals surface area contributed by atoms with Crippen molar-refractivity contribution in [3.63, 3.8) is 0 Å². The average Bonchev–Trinajstić information content (AvgIpc) is 3.61. The van der Waals surface area contributed by atoms with Crippen LogP contribution in [-0.4, -0.2) is 35.4 Å². The van der Waals surface area contributed by atoms with E-state index in [1.165, 1.54) is 12.1 Å². The number of rotatable bonds is 8. The lowest BCUT2D eigenvalue weighted by atomic mass is 10.0. The lowest BCUT2D eigenvalue weighted by Gasteiger charge is -2.19. The van der Waals surface area contributed by atoms with Crippen LogP contribution in [0, 0.1) is 25.6 Å². The fourth-order valence-corrected chi connectivity index (χ4v) is 3.90. The van der Waals surface area contributed by atoms with Crippen LogP contribution in [0.15, 0.2) is 48.5 Å². The molecule has 1 amide bonds. The van der Waals surface area contributed by atoms with E-state index in [1.54, 1.807) is 37.8 Å². The standard InChI is InChI=1S/C25H26FN3O4/c1-15-23(16(2)29(28-15)20-10-8-19(26)9-11-20)25(31)33-14-22(30)27-24(17-4-5-17)18-6-12-21(32-3)13-7-18/h6-13,17,24H,4-5,14H2,1-3H3,(H,27,30). The van der Waals surface area contributed by atoms with Gasteiger partial charge < -0.3 is 14.8 Å². The Morgan fingerprint density at radius 1 is 1.12 bits per heavy atom. The fourth-order valence-electron chi connectivity index (χ4n) is 3.90. The van der Waals surface area contributed by atoms with E-state index in [9.17, 15) is 14.0 Å². The van der Waals surface area contributed by atoms with Gasteiger partial charge in [-0.15, -0.1) is 0 Å². The summed E-state index contributed by atoms with van der Waals surface area (Å²) >= 11 is 0. The number of methoxy groups -OCH3 is 1. The first kappa shape index (κ1) is 22.5. The Balaban J connectivity index is 1.41. The molecule has 1 saturated carbocycles. The van der Waals surface area contributed by atoms with Crippen molar-refractivity contribution in [2.75, 3.05) is 13.7 Å². The van der Waals surface area contributed by atoms with E-state index < -0.39 is 12.6 Å². The maximum atomic E-state index is 13.2. The van der Waals surface area contributed by atoms with Crippen LogP contribution < -0.4 is 10.1 Å². The van der Waals surface area contributed by atoms with Crippen molar-refractivity contribution < 1.29 is 23.5 Å². The van der Waals surface area contributed by atoms with Crippen LogP contribution in [0.5, 0.6) is 5.75 Å². The molecule has 1 aliphatic rings. The number of aryl methyl sites for hydroxylation is 1. The highest BCUT2D eigenvalue weighted by molar-refractivity contribution is 5.93. The molecular weight excluding hydrogens is 425 g/mol. The smallest absolute Gasteiger partial charge is 0.342 e. The fraction of sp³-hybridized carbons (Fsp3) is 0.320. The zero-order valence-electron chi connectivity index (χ0n) is 18.8. The van der Waals surface area contributed by atoms with E-state index in [0.29, 0.717) is 28.6 Å². The molecule has 172 valence electrons. The first-order valence-electron chi connectivity index (χ1n) is 10.8. The number of nitrogens with zero attached hydrogens (tertiary/aromatic N) is 2. The quantitative estimate of drug-likeness (QED) is 0.523.